The fourth-order valence-corrected chi connectivity index (χ4v) is 1.77. The van der Waals surface area contributed by atoms with E-state index in [9.17, 15) is 18.3 Å². The van der Waals surface area contributed by atoms with E-state index in [1.54, 1.807) is 13.1 Å². The molecule has 20 heavy (non-hydrogen) atoms. The summed E-state index contributed by atoms with van der Waals surface area (Å²) in [5, 5.41) is 20.3. The van der Waals surface area contributed by atoms with Gasteiger partial charge in [0.25, 0.3) is 0 Å². The van der Waals surface area contributed by atoms with Gasteiger partial charge in [0.2, 0.25) is 0 Å². The fourth-order valence-electron chi connectivity index (χ4n) is 1.77. The van der Waals surface area contributed by atoms with Gasteiger partial charge in [0.1, 0.15) is 0 Å². The van der Waals surface area contributed by atoms with Gasteiger partial charge in [-0.05, 0) is 13.0 Å². The predicted molar refractivity (Wildman–Crippen MR) is 62.7 cm³/mol. The van der Waals surface area contributed by atoms with Crippen molar-refractivity contribution in [3.63, 3.8) is 0 Å². The average Bonchev–Trinajstić information content (AvgIpc) is 2.86. The van der Waals surface area contributed by atoms with Crippen LogP contribution in [0.25, 0.3) is 0 Å². The molecular formula is C11H14F3N5O. The summed E-state index contributed by atoms with van der Waals surface area (Å²) in [4.78, 5) is 0. The molecule has 2 heterocycles. The van der Waals surface area contributed by atoms with Crippen LogP contribution < -0.4 is 0 Å². The molecule has 9 heteroatoms. The van der Waals surface area contributed by atoms with E-state index in [4.69, 9.17) is 0 Å². The number of alkyl halides is 3. The fraction of sp³-hybridized carbons (Fsp3) is 0.545. The van der Waals surface area contributed by atoms with Gasteiger partial charge in [-0.2, -0.15) is 18.3 Å². The van der Waals surface area contributed by atoms with Crippen LogP contribution in [0, 0.1) is 0 Å². The number of rotatable bonds is 4. The van der Waals surface area contributed by atoms with E-state index in [2.05, 4.69) is 15.4 Å². The third-order valence-corrected chi connectivity index (χ3v) is 2.68. The molecule has 2 rings (SSSR count). The van der Waals surface area contributed by atoms with Crippen molar-refractivity contribution < 1.29 is 18.3 Å². The number of hydrogen-bond donors (Lipinski definition) is 1. The molecule has 0 bridgehead atoms. The van der Waals surface area contributed by atoms with Crippen LogP contribution in [0.4, 0.5) is 13.2 Å². The van der Waals surface area contributed by atoms with E-state index < -0.39 is 18.0 Å². The number of aromatic nitrogens is 5. The number of aryl methyl sites for hydroxylation is 1. The van der Waals surface area contributed by atoms with E-state index in [1.165, 1.54) is 16.4 Å². The third kappa shape index (κ3) is 3.35. The maximum Gasteiger partial charge on any atom is 0.435 e. The molecule has 0 saturated carbocycles. The first-order chi connectivity index (χ1) is 9.25. The van der Waals surface area contributed by atoms with Crippen molar-refractivity contribution in [1.29, 1.82) is 0 Å². The zero-order valence-electron chi connectivity index (χ0n) is 11.0. The summed E-state index contributed by atoms with van der Waals surface area (Å²) in [6.45, 7) is 1.75. The number of aliphatic hydroxyl groups excluding tert-OH is 1. The molecule has 1 unspecified atom stereocenters. The van der Waals surface area contributed by atoms with Crippen LogP contribution in [0.15, 0.2) is 12.3 Å². The second-order valence-electron chi connectivity index (χ2n) is 4.60. The Kier molecular flexibility index (Phi) is 3.80. The van der Waals surface area contributed by atoms with Crippen molar-refractivity contribution in [2.75, 3.05) is 0 Å². The first-order valence-corrected chi connectivity index (χ1v) is 5.93. The highest BCUT2D eigenvalue weighted by Gasteiger charge is 2.34. The summed E-state index contributed by atoms with van der Waals surface area (Å²) in [5.41, 5.74) is 0.0170. The van der Waals surface area contributed by atoms with Gasteiger partial charge in [0, 0.05) is 19.7 Å². The van der Waals surface area contributed by atoms with Gasteiger partial charge >= 0.3 is 6.18 Å². The summed E-state index contributed by atoms with van der Waals surface area (Å²) in [6, 6.07) is 0.982. The smallest absolute Gasteiger partial charge is 0.393 e. The lowest BCUT2D eigenvalue weighted by Gasteiger charge is -2.00. The summed E-state index contributed by atoms with van der Waals surface area (Å²) >= 11 is 0. The highest BCUT2D eigenvalue weighted by Crippen LogP contribution is 2.28. The molecule has 110 valence electrons. The molecule has 0 fully saturated rings. The van der Waals surface area contributed by atoms with Crippen LogP contribution in [0.5, 0.6) is 0 Å². The molecule has 0 aliphatic carbocycles. The lowest BCUT2D eigenvalue weighted by molar-refractivity contribution is -0.141. The van der Waals surface area contributed by atoms with Gasteiger partial charge < -0.3 is 5.11 Å². The summed E-state index contributed by atoms with van der Waals surface area (Å²) < 4.78 is 40.2. The second-order valence-corrected chi connectivity index (χ2v) is 4.60. The van der Waals surface area contributed by atoms with Crippen LogP contribution in [0.1, 0.15) is 24.0 Å². The predicted octanol–water partition coefficient (Wildman–Crippen LogP) is 1.00. The Morgan fingerprint density at radius 3 is 2.65 bits per heavy atom. The van der Waals surface area contributed by atoms with Gasteiger partial charge in [-0.25, -0.2) is 4.68 Å². The molecule has 1 N–H and O–H groups in total. The van der Waals surface area contributed by atoms with E-state index in [0.29, 0.717) is 17.8 Å². The largest absolute Gasteiger partial charge is 0.435 e. The van der Waals surface area contributed by atoms with Crippen LogP contribution >= 0.6 is 0 Å². The zero-order valence-corrected chi connectivity index (χ0v) is 11.0. The number of aliphatic hydroxyl groups is 1. The van der Waals surface area contributed by atoms with E-state index in [0.717, 1.165) is 6.07 Å². The summed E-state index contributed by atoms with van der Waals surface area (Å²) in [6.07, 6.45) is -3.07. The average molecular weight is 289 g/mol. The molecule has 0 spiro atoms. The molecular weight excluding hydrogens is 275 g/mol. The van der Waals surface area contributed by atoms with Crippen molar-refractivity contribution in [1.82, 2.24) is 24.8 Å². The van der Waals surface area contributed by atoms with Crippen LogP contribution in [0.2, 0.25) is 0 Å². The Bertz CT molecular complexity index is 587. The highest BCUT2D eigenvalue weighted by molar-refractivity contribution is 5.13. The van der Waals surface area contributed by atoms with Crippen LogP contribution in [-0.2, 0) is 26.2 Å². The van der Waals surface area contributed by atoms with Crippen molar-refractivity contribution in [3.8, 4) is 0 Å². The Morgan fingerprint density at radius 2 is 2.10 bits per heavy atom. The molecule has 2 aromatic rings. The minimum absolute atomic E-state index is 0.131. The minimum Gasteiger partial charge on any atom is -0.393 e. The number of nitrogens with zero attached hydrogens (tertiary/aromatic N) is 5. The van der Waals surface area contributed by atoms with Crippen molar-refractivity contribution in [2.45, 2.75) is 32.2 Å². The second kappa shape index (κ2) is 5.23. The van der Waals surface area contributed by atoms with E-state index in [-0.39, 0.29) is 6.54 Å². The first-order valence-electron chi connectivity index (χ1n) is 5.93. The number of halogens is 3. The maximum atomic E-state index is 12.5. The Labute approximate surface area is 112 Å². The molecule has 0 aliphatic rings. The first kappa shape index (κ1) is 14.5. The zero-order chi connectivity index (χ0) is 14.9. The van der Waals surface area contributed by atoms with Gasteiger partial charge in [0.15, 0.2) is 5.69 Å². The Balaban J connectivity index is 2.14. The molecule has 0 aromatic carbocycles. The molecule has 2 aromatic heterocycles. The van der Waals surface area contributed by atoms with Gasteiger partial charge in [0.05, 0.1) is 24.0 Å². The Hall–Kier alpha value is -1.90. The lowest BCUT2D eigenvalue weighted by Crippen LogP contribution is -2.07. The molecule has 0 aliphatic heterocycles. The Morgan fingerprint density at radius 1 is 1.40 bits per heavy atom. The lowest BCUT2D eigenvalue weighted by atomic mass is 10.2. The quantitative estimate of drug-likeness (QED) is 0.911. The summed E-state index contributed by atoms with van der Waals surface area (Å²) in [7, 11) is 1.44. The minimum atomic E-state index is -4.46. The normalized spacial score (nSPS) is 13.7. The monoisotopic (exact) mass is 289 g/mol. The summed E-state index contributed by atoms with van der Waals surface area (Å²) in [5.74, 6) is 0. The molecule has 0 amide bonds. The molecule has 0 saturated heterocycles. The highest BCUT2D eigenvalue weighted by atomic mass is 19.4. The molecule has 6 nitrogen and oxygen atoms in total. The van der Waals surface area contributed by atoms with Crippen LogP contribution in [0.3, 0.4) is 0 Å². The van der Waals surface area contributed by atoms with Crippen molar-refractivity contribution in [3.05, 3.63) is 29.3 Å². The van der Waals surface area contributed by atoms with E-state index >= 15 is 0 Å². The standard InChI is InChI=1S/C11H14F3N5O/c1-7(20)3-8-5-19(17-15-8)6-9-4-10(11(12,13)14)16-18(9)2/h4-5,7,20H,3,6H2,1-2H3. The van der Waals surface area contributed by atoms with Crippen molar-refractivity contribution >= 4 is 0 Å². The topological polar surface area (TPSA) is 68.8 Å². The van der Waals surface area contributed by atoms with Crippen LogP contribution in [-0.4, -0.2) is 36.0 Å². The van der Waals surface area contributed by atoms with Gasteiger partial charge in [-0.3, -0.25) is 4.68 Å². The maximum absolute atomic E-state index is 12.5. The van der Waals surface area contributed by atoms with Gasteiger partial charge in [-0.15, -0.1) is 5.10 Å². The third-order valence-electron chi connectivity index (χ3n) is 2.68. The SMILES string of the molecule is CC(O)Cc1cn(Cc2cc(C(F)(F)F)nn2C)nn1. The molecule has 1 atom stereocenters. The number of hydrogen-bond acceptors (Lipinski definition) is 4. The van der Waals surface area contributed by atoms with Gasteiger partial charge in [-0.1, -0.05) is 5.21 Å². The van der Waals surface area contributed by atoms with E-state index in [1.807, 2.05) is 0 Å². The van der Waals surface area contributed by atoms with Crippen molar-refractivity contribution in [2.24, 2.45) is 7.05 Å². The molecule has 0 radical (unpaired) electrons.